The fourth-order valence-electron chi connectivity index (χ4n) is 1.93. The second-order valence-electron chi connectivity index (χ2n) is 5.00. The Bertz CT molecular complexity index is 793. The minimum Gasteiger partial charge on any atom is -0.497 e. The van der Waals surface area contributed by atoms with Gasteiger partial charge in [0.1, 0.15) is 11.5 Å². The summed E-state index contributed by atoms with van der Waals surface area (Å²) in [5, 5.41) is 13.2. The number of carbonyl (C=O) groups excluding carboxylic acids is 1. The molecule has 0 saturated carbocycles. The van der Waals surface area contributed by atoms with Crippen LogP contribution in [-0.2, 0) is 0 Å². The van der Waals surface area contributed by atoms with Crippen molar-refractivity contribution in [3.63, 3.8) is 0 Å². The van der Waals surface area contributed by atoms with Crippen molar-refractivity contribution < 1.29 is 19.2 Å². The van der Waals surface area contributed by atoms with E-state index in [0.29, 0.717) is 11.5 Å². The summed E-state index contributed by atoms with van der Waals surface area (Å²) in [6, 6.07) is 11.5. The van der Waals surface area contributed by atoms with E-state index >= 15 is 0 Å². The van der Waals surface area contributed by atoms with Crippen LogP contribution in [0.3, 0.4) is 0 Å². The molecule has 0 aliphatic heterocycles. The van der Waals surface area contributed by atoms with Crippen molar-refractivity contribution in [1.82, 2.24) is 5.32 Å². The number of nitrogens with zero attached hydrogens (tertiary/aromatic N) is 1. The second kappa shape index (κ2) is 8.44. The molecule has 7 nitrogen and oxygen atoms in total. The molecule has 2 aromatic rings. The summed E-state index contributed by atoms with van der Waals surface area (Å²) in [6.07, 6.45) is -1.34. The van der Waals surface area contributed by atoms with E-state index in [1.807, 2.05) is 0 Å². The van der Waals surface area contributed by atoms with E-state index in [9.17, 15) is 14.9 Å². The molecule has 0 bridgehead atoms. The minimum absolute atomic E-state index is 0.0248. The molecule has 1 unspecified atom stereocenters. The number of rotatable bonds is 6. The standard InChI is InChI=1S/C16H13Cl3N2O5/c1-25-12-5-7-13(8-6-12)26-15(16(17,18)19)20-14(22)10-3-2-4-11(9-10)21(23)24/h2-9,15H,1H3,(H,20,22). The Kier molecular flexibility index (Phi) is 6.52. The lowest BCUT2D eigenvalue weighted by molar-refractivity contribution is -0.384. The van der Waals surface area contributed by atoms with E-state index in [1.165, 1.54) is 25.3 Å². The van der Waals surface area contributed by atoms with Gasteiger partial charge in [0.25, 0.3) is 11.6 Å². The van der Waals surface area contributed by atoms with E-state index in [0.717, 1.165) is 6.07 Å². The summed E-state index contributed by atoms with van der Waals surface area (Å²) in [4.78, 5) is 22.6. The van der Waals surface area contributed by atoms with Gasteiger partial charge in [-0.1, -0.05) is 40.9 Å². The summed E-state index contributed by atoms with van der Waals surface area (Å²) in [5.74, 6) is 0.225. The van der Waals surface area contributed by atoms with Gasteiger partial charge in [-0.15, -0.1) is 0 Å². The van der Waals surface area contributed by atoms with Gasteiger partial charge in [-0.2, -0.15) is 0 Å². The molecule has 0 spiro atoms. The Morgan fingerprint density at radius 1 is 1.15 bits per heavy atom. The largest absolute Gasteiger partial charge is 0.497 e. The van der Waals surface area contributed by atoms with Crippen LogP contribution in [0.4, 0.5) is 5.69 Å². The number of carbonyl (C=O) groups is 1. The van der Waals surface area contributed by atoms with Crippen molar-refractivity contribution in [2.45, 2.75) is 10.0 Å². The maximum Gasteiger partial charge on any atom is 0.270 e. The second-order valence-corrected chi connectivity index (χ2v) is 7.36. The number of hydrogen-bond acceptors (Lipinski definition) is 5. The van der Waals surface area contributed by atoms with E-state index in [2.05, 4.69) is 5.32 Å². The monoisotopic (exact) mass is 418 g/mol. The van der Waals surface area contributed by atoms with Gasteiger partial charge in [0, 0.05) is 17.7 Å². The fraction of sp³-hybridized carbons (Fsp3) is 0.188. The molecule has 0 fully saturated rings. The van der Waals surface area contributed by atoms with Gasteiger partial charge in [-0.25, -0.2) is 0 Å². The number of nitro groups is 1. The highest BCUT2D eigenvalue weighted by molar-refractivity contribution is 6.68. The van der Waals surface area contributed by atoms with Crippen molar-refractivity contribution in [3.05, 3.63) is 64.2 Å². The lowest BCUT2D eigenvalue weighted by Crippen LogP contribution is -2.47. The summed E-state index contributed by atoms with van der Waals surface area (Å²) < 4.78 is 8.58. The number of benzene rings is 2. The third kappa shape index (κ3) is 5.39. The smallest absolute Gasteiger partial charge is 0.270 e. The van der Waals surface area contributed by atoms with E-state index in [-0.39, 0.29) is 11.3 Å². The van der Waals surface area contributed by atoms with E-state index < -0.39 is 20.9 Å². The summed E-state index contributed by atoms with van der Waals surface area (Å²) >= 11 is 17.6. The highest BCUT2D eigenvalue weighted by Gasteiger charge is 2.36. The maximum absolute atomic E-state index is 12.4. The molecule has 1 atom stereocenters. The third-order valence-electron chi connectivity index (χ3n) is 3.19. The molecule has 0 heterocycles. The molecule has 138 valence electrons. The van der Waals surface area contributed by atoms with Crippen LogP contribution in [0.15, 0.2) is 48.5 Å². The molecule has 1 N–H and O–H groups in total. The molecule has 2 aromatic carbocycles. The van der Waals surface area contributed by atoms with Gasteiger partial charge < -0.3 is 14.8 Å². The van der Waals surface area contributed by atoms with Crippen molar-refractivity contribution in [2.75, 3.05) is 7.11 Å². The normalized spacial score (nSPS) is 12.2. The Labute approximate surface area is 163 Å². The van der Waals surface area contributed by atoms with Crippen molar-refractivity contribution in [2.24, 2.45) is 0 Å². The SMILES string of the molecule is COc1ccc(OC(NC(=O)c2cccc([N+](=O)[O-])c2)C(Cl)(Cl)Cl)cc1. The highest BCUT2D eigenvalue weighted by Crippen LogP contribution is 2.32. The first kappa shape index (κ1) is 20.1. The Balaban J connectivity index is 2.18. The first-order valence-electron chi connectivity index (χ1n) is 7.13. The van der Waals surface area contributed by atoms with Gasteiger partial charge in [-0.3, -0.25) is 14.9 Å². The fourth-order valence-corrected chi connectivity index (χ4v) is 2.23. The average molecular weight is 420 g/mol. The molecule has 1 amide bonds. The molecule has 26 heavy (non-hydrogen) atoms. The molecule has 0 aliphatic carbocycles. The lowest BCUT2D eigenvalue weighted by Gasteiger charge is -2.26. The van der Waals surface area contributed by atoms with Crippen LogP contribution in [-0.4, -0.2) is 28.0 Å². The van der Waals surface area contributed by atoms with Crippen LogP contribution < -0.4 is 14.8 Å². The first-order chi connectivity index (χ1) is 12.2. The number of nitrogens with one attached hydrogen (secondary N) is 1. The van der Waals surface area contributed by atoms with Crippen LogP contribution in [0.5, 0.6) is 11.5 Å². The highest BCUT2D eigenvalue weighted by atomic mass is 35.6. The summed E-state index contributed by atoms with van der Waals surface area (Å²) in [5.41, 5.74) is -0.212. The number of halogens is 3. The van der Waals surface area contributed by atoms with Crippen LogP contribution in [0.2, 0.25) is 0 Å². The molecule has 0 aliphatic rings. The molecule has 2 rings (SSSR count). The number of alkyl halides is 3. The number of amides is 1. The maximum atomic E-state index is 12.4. The van der Waals surface area contributed by atoms with Gasteiger partial charge in [0.15, 0.2) is 0 Å². The van der Waals surface area contributed by atoms with Crippen LogP contribution in [0.1, 0.15) is 10.4 Å². The zero-order chi connectivity index (χ0) is 19.3. The lowest BCUT2D eigenvalue weighted by atomic mass is 10.2. The molecule has 10 heteroatoms. The quantitative estimate of drug-likeness (QED) is 0.329. The first-order valence-corrected chi connectivity index (χ1v) is 8.27. The zero-order valence-corrected chi connectivity index (χ0v) is 15.6. The number of non-ortho nitro benzene ring substituents is 1. The Morgan fingerprint density at radius 3 is 2.31 bits per heavy atom. The molecule has 0 aromatic heterocycles. The zero-order valence-electron chi connectivity index (χ0n) is 13.3. The third-order valence-corrected chi connectivity index (χ3v) is 3.79. The number of ether oxygens (including phenoxy) is 2. The van der Waals surface area contributed by atoms with Crippen molar-refractivity contribution in [3.8, 4) is 11.5 Å². The minimum atomic E-state index is -1.99. The summed E-state index contributed by atoms with van der Waals surface area (Å²) in [6.45, 7) is 0. The van der Waals surface area contributed by atoms with E-state index in [4.69, 9.17) is 44.3 Å². The number of hydrogen-bond donors (Lipinski definition) is 1. The Morgan fingerprint density at radius 2 is 1.77 bits per heavy atom. The van der Waals surface area contributed by atoms with Crippen LogP contribution in [0.25, 0.3) is 0 Å². The topological polar surface area (TPSA) is 90.7 Å². The molecule has 0 saturated heterocycles. The van der Waals surface area contributed by atoms with Crippen molar-refractivity contribution >= 4 is 46.4 Å². The van der Waals surface area contributed by atoms with Gasteiger partial charge >= 0.3 is 0 Å². The van der Waals surface area contributed by atoms with Crippen LogP contribution >= 0.6 is 34.8 Å². The number of methoxy groups -OCH3 is 1. The average Bonchev–Trinajstić information content (AvgIpc) is 2.61. The molecule has 0 radical (unpaired) electrons. The predicted molar refractivity (Wildman–Crippen MR) is 98.3 cm³/mol. The predicted octanol–water partition coefficient (Wildman–Crippen LogP) is 4.11. The van der Waals surface area contributed by atoms with Gasteiger partial charge in [-0.05, 0) is 30.3 Å². The van der Waals surface area contributed by atoms with Crippen LogP contribution in [0, 0.1) is 10.1 Å². The summed E-state index contributed by atoms with van der Waals surface area (Å²) in [7, 11) is 1.51. The molecular formula is C16H13Cl3N2O5. The van der Waals surface area contributed by atoms with E-state index in [1.54, 1.807) is 24.3 Å². The number of nitro benzene ring substituents is 1. The molecular weight excluding hydrogens is 407 g/mol. The van der Waals surface area contributed by atoms with Crippen molar-refractivity contribution in [1.29, 1.82) is 0 Å². The Hall–Kier alpha value is -2.22. The van der Waals surface area contributed by atoms with Gasteiger partial charge in [0.05, 0.1) is 12.0 Å². The van der Waals surface area contributed by atoms with Gasteiger partial charge in [0.2, 0.25) is 10.0 Å².